The Balaban J connectivity index is 2.39. The van der Waals surface area contributed by atoms with Crippen LogP contribution < -0.4 is 0 Å². The first-order valence-corrected chi connectivity index (χ1v) is 5.57. The zero-order valence-corrected chi connectivity index (χ0v) is 8.79. The lowest BCUT2D eigenvalue weighted by Gasteiger charge is -2.25. The predicted molar refractivity (Wildman–Crippen MR) is 58.2 cm³/mol. The maximum absolute atomic E-state index is 10.5. The van der Waals surface area contributed by atoms with Crippen LogP contribution in [0.1, 0.15) is 43.7 Å². The van der Waals surface area contributed by atoms with Gasteiger partial charge in [-0.15, -0.1) is 0 Å². The fourth-order valence-corrected chi connectivity index (χ4v) is 2.51. The van der Waals surface area contributed by atoms with E-state index in [1.165, 1.54) is 11.1 Å². The van der Waals surface area contributed by atoms with E-state index in [-0.39, 0.29) is 0 Å². The minimum absolute atomic E-state index is 0.521. The molecule has 0 unspecified atom stereocenters. The zero-order chi connectivity index (χ0) is 10.0. The van der Waals surface area contributed by atoms with Gasteiger partial charge in [-0.3, -0.25) is 0 Å². The molecule has 0 atom stereocenters. The highest BCUT2D eigenvalue weighted by Crippen LogP contribution is 2.39. The first-order chi connectivity index (χ1) is 6.76. The molecule has 1 saturated carbocycles. The molecule has 0 amide bonds. The quantitative estimate of drug-likeness (QED) is 0.760. The molecule has 14 heavy (non-hydrogen) atoms. The third-order valence-corrected chi connectivity index (χ3v) is 3.33. The molecule has 1 aliphatic rings. The molecule has 1 heteroatoms. The van der Waals surface area contributed by atoms with Gasteiger partial charge >= 0.3 is 0 Å². The summed E-state index contributed by atoms with van der Waals surface area (Å²) in [4.78, 5) is 0. The smallest absolute Gasteiger partial charge is 0.0899 e. The Labute approximate surface area is 85.8 Å². The second kappa shape index (κ2) is 3.74. The standard InChI is InChI=1S/C13H18O/c1-2-11-7-3-4-8-12(11)13(14)9-5-6-10-13/h3-4,7-8,14H,2,5-6,9-10H2,1H3. The molecule has 0 saturated heterocycles. The number of benzene rings is 1. The molecule has 0 aliphatic heterocycles. The van der Waals surface area contributed by atoms with Crippen LogP contribution in [-0.4, -0.2) is 5.11 Å². The highest BCUT2D eigenvalue weighted by atomic mass is 16.3. The van der Waals surface area contributed by atoms with E-state index >= 15 is 0 Å². The van der Waals surface area contributed by atoms with E-state index in [9.17, 15) is 5.11 Å². The molecular formula is C13H18O. The summed E-state index contributed by atoms with van der Waals surface area (Å²) in [7, 11) is 0. The first kappa shape index (κ1) is 9.72. The van der Waals surface area contributed by atoms with Crippen LogP contribution in [0.4, 0.5) is 0 Å². The summed E-state index contributed by atoms with van der Waals surface area (Å²) in [6.07, 6.45) is 5.20. The highest BCUT2D eigenvalue weighted by Gasteiger charge is 2.34. The third-order valence-electron chi connectivity index (χ3n) is 3.33. The van der Waals surface area contributed by atoms with E-state index in [2.05, 4.69) is 25.1 Å². The second-order valence-corrected chi connectivity index (χ2v) is 4.25. The van der Waals surface area contributed by atoms with Gasteiger partial charge in [-0.05, 0) is 30.4 Å². The number of hydrogen-bond acceptors (Lipinski definition) is 1. The van der Waals surface area contributed by atoms with Crippen molar-refractivity contribution >= 4 is 0 Å². The summed E-state index contributed by atoms with van der Waals surface area (Å²) in [6, 6.07) is 8.31. The van der Waals surface area contributed by atoms with Gasteiger partial charge in [0, 0.05) is 0 Å². The van der Waals surface area contributed by atoms with Crippen molar-refractivity contribution in [2.24, 2.45) is 0 Å². The summed E-state index contributed by atoms with van der Waals surface area (Å²) < 4.78 is 0. The van der Waals surface area contributed by atoms with E-state index in [0.717, 1.165) is 32.1 Å². The Morgan fingerprint density at radius 1 is 1.21 bits per heavy atom. The average Bonchev–Trinajstić information content (AvgIpc) is 2.66. The molecule has 1 aromatic carbocycles. The lowest BCUT2D eigenvalue weighted by atomic mass is 9.87. The largest absolute Gasteiger partial charge is 0.385 e. The van der Waals surface area contributed by atoms with E-state index in [0.29, 0.717) is 0 Å². The molecule has 1 nitrogen and oxygen atoms in total. The minimum atomic E-state index is -0.521. The lowest BCUT2D eigenvalue weighted by Crippen LogP contribution is -2.22. The van der Waals surface area contributed by atoms with E-state index < -0.39 is 5.60 Å². The summed E-state index contributed by atoms with van der Waals surface area (Å²) in [5.74, 6) is 0. The minimum Gasteiger partial charge on any atom is -0.385 e. The molecule has 0 bridgehead atoms. The summed E-state index contributed by atoms with van der Waals surface area (Å²) in [5, 5.41) is 10.5. The van der Waals surface area contributed by atoms with Crippen LogP contribution in [0.3, 0.4) is 0 Å². The van der Waals surface area contributed by atoms with Gasteiger partial charge in [-0.25, -0.2) is 0 Å². The Kier molecular flexibility index (Phi) is 2.60. The van der Waals surface area contributed by atoms with Gasteiger partial charge in [-0.1, -0.05) is 44.0 Å². The van der Waals surface area contributed by atoms with Crippen molar-refractivity contribution in [2.75, 3.05) is 0 Å². The van der Waals surface area contributed by atoms with E-state index in [1.54, 1.807) is 0 Å². The van der Waals surface area contributed by atoms with Crippen molar-refractivity contribution in [2.45, 2.75) is 44.6 Å². The molecule has 0 spiro atoms. The topological polar surface area (TPSA) is 20.2 Å². The molecule has 1 fully saturated rings. The lowest BCUT2D eigenvalue weighted by molar-refractivity contribution is 0.0436. The van der Waals surface area contributed by atoms with Crippen molar-refractivity contribution < 1.29 is 5.11 Å². The molecule has 0 aromatic heterocycles. The van der Waals surface area contributed by atoms with Gasteiger partial charge < -0.3 is 5.11 Å². The Morgan fingerprint density at radius 2 is 1.86 bits per heavy atom. The fourth-order valence-electron chi connectivity index (χ4n) is 2.51. The Hall–Kier alpha value is -0.820. The van der Waals surface area contributed by atoms with Gasteiger partial charge in [0.15, 0.2) is 0 Å². The zero-order valence-electron chi connectivity index (χ0n) is 8.79. The molecule has 0 radical (unpaired) electrons. The van der Waals surface area contributed by atoms with E-state index in [1.807, 2.05) is 6.07 Å². The van der Waals surface area contributed by atoms with Gasteiger partial charge in [0.25, 0.3) is 0 Å². The van der Waals surface area contributed by atoms with Crippen LogP contribution in [0.2, 0.25) is 0 Å². The highest BCUT2D eigenvalue weighted by molar-refractivity contribution is 5.33. The van der Waals surface area contributed by atoms with Gasteiger partial charge in [-0.2, -0.15) is 0 Å². The number of aliphatic hydroxyl groups is 1. The van der Waals surface area contributed by atoms with Crippen LogP contribution in [-0.2, 0) is 12.0 Å². The maximum Gasteiger partial charge on any atom is 0.0899 e. The monoisotopic (exact) mass is 190 g/mol. The van der Waals surface area contributed by atoms with Crippen molar-refractivity contribution in [3.63, 3.8) is 0 Å². The van der Waals surface area contributed by atoms with Crippen molar-refractivity contribution in [3.8, 4) is 0 Å². The first-order valence-electron chi connectivity index (χ1n) is 5.57. The fraction of sp³-hybridized carbons (Fsp3) is 0.538. The average molecular weight is 190 g/mol. The summed E-state index contributed by atoms with van der Waals surface area (Å²) in [6.45, 7) is 2.15. The van der Waals surface area contributed by atoms with Crippen molar-refractivity contribution in [1.29, 1.82) is 0 Å². The number of hydrogen-bond donors (Lipinski definition) is 1. The SMILES string of the molecule is CCc1ccccc1C1(O)CCCC1. The number of aryl methyl sites for hydroxylation is 1. The number of rotatable bonds is 2. The van der Waals surface area contributed by atoms with Crippen LogP contribution in [0.25, 0.3) is 0 Å². The molecule has 1 N–H and O–H groups in total. The van der Waals surface area contributed by atoms with Gasteiger partial charge in [0.1, 0.15) is 0 Å². The van der Waals surface area contributed by atoms with Crippen molar-refractivity contribution in [1.82, 2.24) is 0 Å². The van der Waals surface area contributed by atoms with Gasteiger partial charge in [0.05, 0.1) is 5.60 Å². The molecular weight excluding hydrogens is 172 g/mol. The summed E-state index contributed by atoms with van der Waals surface area (Å²) in [5.41, 5.74) is 1.95. The van der Waals surface area contributed by atoms with Gasteiger partial charge in [0.2, 0.25) is 0 Å². The summed E-state index contributed by atoms with van der Waals surface area (Å²) >= 11 is 0. The third kappa shape index (κ3) is 1.57. The Bertz CT molecular complexity index is 311. The second-order valence-electron chi connectivity index (χ2n) is 4.25. The van der Waals surface area contributed by atoms with Crippen molar-refractivity contribution in [3.05, 3.63) is 35.4 Å². The molecule has 1 aliphatic carbocycles. The van der Waals surface area contributed by atoms with Crippen LogP contribution >= 0.6 is 0 Å². The molecule has 0 heterocycles. The Morgan fingerprint density at radius 3 is 2.50 bits per heavy atom. The van der Waals surface area contributed by atoms with Crippen LogP contribution in [0.15, 0.2) is 24.3 Å². The molecule has 2 rings (SSSR count). The van der Waals surface area contributed by atoms with Crippen LogP contribution in [0, 0.1) is 0 Å². The predicted octanol–water partition coefficient (Wildman–Crippen LogP) is 3.01. The molecule has 1 aromatic rings. The maximum atomic E-state index is 10.5. The molecule has 76 valence electrons. The normalized spacial score (nSPS) is 19.9. The van der Waals surface area contributed by atoms with Crippen LogP contribution in [0.5, 0.6) is 0 Å². The van der Waals surface area contributed by atoms with E-state index in [4.69, 9.17) is 0 Å².